The summed E-state index contributed by atoms with van der Waals surface area (Å²) in [5, 5.41) is 11.5. The molecule has 3 rings (SSSR count). The molecule has 1 fully saturated rings. The number of carbonyl (C=O) groups excluding carboxylic acids is 1. The van der Waals surface area contributed by atoms with Gasteiger partial charge in [0.25, 0.3) is 5.91 Å². The molecule has 1 heterocycles. The molecule has 0 saturated carbocycles. The number of ether oxygens (including phenoxy) is 1. The third-order valence-corrected chi connectivity index (χ3v) is 6.29. The Morgan fingerprint density at radius 1 is 1.26 bits per heavy atom. The van der Waals surface area contributed by atoms with Crippen LogP contribution in [-0.4, -0.2) is 44.4 Å². The minimum absolute atomic E-state index is 0.0729. The van der Waals surface area contributed by atoms with Crippen LogP contribution in [-0.2, 0) is 14.8 Å². The molecule has 8 heteroatoms. The highest BCUT2D eigenvalue weighted by Gasteiger charge is 2.31. The molecular weight excluding hydrogens is 366 g/mol. The number of anilines is 1. The van der Waals surface area contributed by atoms with Gasteiger partial charge in [0, 0.05) is 23.8 Å². The van der Waals surface area contributed by atoms with E-state index < -0.39 is 15.9 Å². The van der Waals surface area contributed by atoms with Crippen LogP contribution in [0.1, 0.15) is 22.8 Å². The second-order valence-electron chi connectivity index (χ2n) is 6.21. The molecule has 7 nitrogen and oxygen atoms in total. The minimum Gasteiger partial charge on any atom is -0.378 e. The average Bonchev–Trinajstić information content (AvgIpc) is 2.69. The van der Waals surface area contributed by atoms with E-state index in [1.54, 1.807) is 43.3 Å². The number of nitrogens with one attached hydrogen (secondary N) is 1. The number of nitrogens with zero attached hydrogens (tertiary/aromatic N) is 2. The lowest BCUT2D eigenvalue weighted by Gasteiger charge is -2.32. The van der Waals surface area contributed by atoms with Gasteiger partial charge >= 0.3 is 0 Å². The van der Waals surface area contributed by atoms with Crippen molar-refractivity contribution in [3.63, 3.8) is 0 Å². The van der Waals surface area contributed by atoms with Crippen LogP contribution in [0.5, 0.6) is 0 Å². The van der Waals surface area contributed by atoms with Crippen molar-refractivity contribution in [1.82, 2.24) is 4.31 Å². The summed E-state index contributed by atoms with van der Waals surface area (Å²) in [5.41, 5.74) is 1.25. The van der Waals surface area contributed by atoms with E-state index in [0.717, 1.165) is 0 Å². The Hall–Kier alpha value is -2.73. The third kappa shape index (κ3) is 4.17. The van der Waals surface area contributed by atoms with Crippen LogP contribution >= 0.6 is 0 Å². The second kappa shape index (κ2) is 7.88. The molecule has 0 bridgehead atoms. The number of benzene rings is 2. The van der Waals surface area contributed by atoms with Crippen LogP contribution in [0, 0.1) is 11.3 Å². The smallest absolute Gasteiger partial charge is 0.255 e. The van der Waals surface area contributed by atoms with E-state index in [9.17, 15) is 13.2 Å². The van der Waals surface area contributed by atoms with Gasteiger partial charge < -0.3 is 10.1 Å². The van der Waals surface area contributed by atoms with Crippen molar-refractivity contribution < 1.29 is 17.9 Å². The van der Waals surface area contributed by atoms with Gasteiger partial charge in [-0.15, -0.1) is 0 Å². The molecule has 27 heavy (non-hydrogen) atoms. The number of hydrogen-bond donors (Lipinski definition) is 1. The predicted octanol–water partition coefficient (Wildman–Crippen LogP) is 2.22. The Kier molecular flexibility index (Phi) is 5.56. The molecule has 0 spiro atoms. The van der Waals surface area contributed by atoms with Crippen molar-refractivity contribution in [3.8, 4) is 6.07 Å². The highest BCUT2D eigenvalue weighted by molar-refractivity contribution is 7.89. The summed E-state index contributed by atoms with van der Waals surface area (Å²) < 4.78 is 32.5. The summed E-state index contributed by atoms with van der Waals surface area (Å²) in [6.07, 6.45) is 0. The normalized spacial score (nSPS) is 17.9. The van der Waals surface area contributed by atoms with Crippen LogP contribution in [0.2, 0.25) is 0 Å². The van der Waals surface area contributed by atoms with Crippen LogP contribution < -0.4 is 5.32 Å². The molecule has 1 N–H and O–H groups in total. The van der Waals surface area contributed by atoms with Gasteiger partial charge in [0.2, 0.25) is 10.0 Å². The lowest BCUT2D eigenvalue weighted by atomic mass is 10.2. The molecule has 1 amide bonds. The molecule has 140 valence electrons. The number of nitriles is 1. The predicted molar refractivity (Wildman–Crippen MR) is 99.7 cm³/mol. The van der Waals surface area contributed by atoms with Gasteiger partial charge in [0.15, 0.2) is 0 Å². The SMILES string of the molecule is CC1COCCN1S(=O)(=O)c1cccc(C(=O)Nc2ccc(C#N)cc2)c1. The fourth-order valence-electron chi connectivity index (χ4n) is 2.83. The zero-order valence-corrected chi connectivity index (χ0v) is 15.6. The first-order valence-corrected chi connectivity index (χ1v) is 9.87. The van der Waals surface area contributed by atoms with Gasteiger partial charge in [-0.1, -0.05) is 6.07 Å². The summed E-state index contributed by atoms with van der Waals surface area (Å²) in [7, 11) is -3.71. The maximum absolute atomic E-state index is 12.9. The van der Waals surface area contributed by atoms with E-state index >= 15 is 0 Å². The van der Waals surface area contributed by atoms with Gasteiger partial charge in [-0.05, 0) is 49.4 Å². The Morgan fingerprint density at radius 2 is 2.00 bits per heavy atom. The van der Waals surface area contributed by atoms with Crippen LogP contribution in [0.15, 0.2) is 53.4 Å². The fourth-order valence-corrected chi connectivity index (χ4v) is 4.48. The van der Waals surface area contributed by atoms with Gasteiger partial charge in [0.1, 0.15) is 0 Å². The van der Waals surface area contributed by atoms with E-state index in [1.807, 2.05) is 6.07 Å². The van der Waals surface area contributed by atoms with Crippen molar-refractivity contribution in [2.75, 3.05) is 25.1 Å². The second-order valence-corrected chi connectivity index (χ2v) is 8.10. The van der Waals surface area contributed by atoms with Crippen molar-refractivity contribution in [3.05, 3.63) is 59.7 Å². The van der Waals surface area contributed by atoms with E-state index in [4.69, 9.17) is 10.00 Å². The Morgan fingerprint density at radius 3 is 2.67 bits per heavy atom. The van der Waals surface area contributed by atoms with E-state index in [1.165, 1.54) is 16.4 Å². The Labute approximate surface area is 158 Å². The first-order valence-electron chi connectivity index (χ1n) is 8.43. The van der Waals surface area contributed by atoms with E-state index in [2.05, 4.69) is 5.32 Å². The molecule has 1 unspecified atom stereocenters. The standard InChI is InChI=1S/C19H19N3O4S/c1-14-13-26-10-9-22(14)27(24,25)18-4-2-3-16(11-18)19(23)21-17-7-5-15(12-20)6-8-17/h2-8,11,14H,9-10,13H2,1H3,(H,21,23). The maximum atomic E-state index is 12.9. The molecular formula is C19H19N3O4S. The summed E-state index contributed by atoms with van der Waals surface area (Å²) in [4.78, 5) is 12.6. The highest BCUT2D eigenvalue weighted by Crippen LogP contribution is 2.22. The molecule has 2 aromatic rings. The maximum Gasteiger partial charge on any atom is 0.255 e. The monoisotopic (exact) mass is 385 g/mol. The zero-order chi connectivity index (χ0) is 19.4. The lowest BCUT2D eigenvalue weighted by Crippen LogP contribution is -2.46. The molecule has 0 aromatic heterocycles. The van der Waals surface area contributed by atoms with Gasteiger partial charge in [-0.3, -0.25) is 4.79 Å². The third-order valence-electron chi connectivity index (χ3n) is 4.28. The quantitative estimate of drug-likeness (QED) is 0.870. The molecule has 2 aromatic carbocycles. The highest BCUT2D eigenvalue weighted by atomic mass is 32.2. The number of amides is 1. The van der Waals surface area contributed by atoms with E-state index in [0.29, 0.717) is 24.5 Å². The molecule has 1 saturated heterocycles. The number of morpholine rings is 1. The molecule has 1 aliphatic rings. The van der Waals surface area contributed by atoms with Crippen molar-refractivity contribution in [2.24, 2.45) is 0 Å². The van der Waals surface area contributed by atoms with Crippen molar-refractivity contribution in [1.29, 1.82) is 5.26 Å². The summed E-state index contributed by atoms with van der Waals surface area (Å²) >= 11 is 0. The topological polar surface area (TPSA) is 99.5 Å². The van der Waals surface area contributed by atoms with Crippen LogP contribution in [0.25, 0.3) is 0 Å². The van der Waals surface area contributed by atoms with Crippen molar-refractivity contribution in [2.45, 2.75) is 17.9 Å². The molecule has 1 atom stereocenters. The van der Waals surface area contributed by atoms with Crippen LogP contribution in [0.3, 0.4) is 0 Å². The first-order chi connectivity index (χ1) is 12.9. The zero-order valence-electron chi connectivity index (χ0n) is 14.8. The molecule has 0 aliphatic carbocycles. The van der Waals surface area contributed by atoms with Gasteiger partial charge in [-0.25, -0.2) is 8.42 Å². The van der Waals surface area contributed by atoms with Gasteiger partial charge in [0.05, 0.1) is 29.7 Å². The first kappa shape index (κ1) is 19.0. The summed E-state index contributed by atoms with van der Waals surface area (Å²) in [6, 6.07) is 14.1. The number of hydrogen-bond acceptors (Lipinski definition) is 5. The van der Waals surface area contributed by atoms with Crippen LogP contribution in [0.4, 0.5) is 5.69 Å². The largest absolute Gasteiger partial charge is 0.378 e. The summed E-state index contributed by atoms with van der Waals surface area (Å²) in [6.45, 7) is 2.77. The molecule has 1 aliphatic heterocycles. The lowest BCUT2D eigenvalue weighted by molar-refractivity contribution is 0.0393. The number of carbonyl (C=O) groups is 1. The Bertz CT molecular complexity index is 981. The number of sulfonamides is 1. The summed E-state index contributed by atoms with van der Waals surface area (Å²) in [5.74, 6) is -0.424. The fraction of sp³-hybridized carbons (Fsp3) is 0.263. The number of rotatable bonds is 4. The minimum atomic E-state index is -3.71. The average molecular weight is 385 g/mol. The molecule has 0 radical (unpaired) electrons. The van der Waals surface area contributed by atoms with E-state index in [-0.39, 0.29) is 23.0 Å². The Balaban J connectivity index is 1.82. The van der Waals surface area contributed by atoms with Gasteiger partial charge in [-0.2, -0.15) is 9.57 Å². The van der Waals surface area contributed by atoms with Crippen molar-refractivity contribution >= 4 is 21.6 Å².